The van der Waals surface area contributed by atoms with E-state index < -0.39 is 18.0 Å². The molecule has 1 saturated carbocycles. The van der Waals surface area contributed by atoms with Crippen LogP contribution in [0.2, 0.25) is 0 Å². The van der Waals surface area contributed by atoms with E-state index in [1.165, 1.54) is 6.42 Å². The Morgan fingerprint density at radius 3 is 2.50 bits per heavy atom. The summed E-state index contributed by atoms with van der Waals surface area (Å²) in [4.78, 5) is 6.30. The van der Waals surface area contributed by atoms with E-state index >= 15 is 0 Å². The van der Waals surface area contributed by atoms with Crippen molar-refractivity contribution in [1.82, 2.24) is 4.90 Å². The summed E-state index contributed by atoms with van der Waals surface area (Å²) < 4.78 is 39.1. The zero-order valence-electron chi connectivity index (χ0n) is 13.1. The molecule has 3 nitrogen and oxygen atoms in total. The van der Waals surface area contributed by atoms with Gasteiger partial charge in [0.25, 0.3) is 0 Å². The number of piperidine rings is 1. The van der Waals surface area contributed by atoms with Crippen LogP contribution in [0.1, 0.15) is 45.4 Å². The molecular formula is C15H27F3IN3. The Balaban J connectivity index is 0.00000242. The van der Waals surface area contributed by atoms with Gasteiger partial charge in [0.2, 0.25) is 0 Å². The summed E-state index contributed by atoms with van der Waals surface area (Å²) in [6.45, 7) is 4.11. The van der Waals surface area contributed by atoms with E-state index in [0.29, 0.717) is 24.7 Å². The lowest BCUT2D eigenvalue weighted by Gasteiger charge is -2.34. The van der Waals surface area contributed by atoms with Crippen molar-refractivity contribution in [3.8, 4) is 0 Å². The molecule has 2 rings (SSSR count). The van der Waals surface area contributed by atoms with Crippen LogP contribution >= 0.6 is 24.0 Å². The van der Waals surface area contributed by atoms with Crippen molar-refractivity contribution in [2.75, 3.05) is 19.6 Å². The quantitative estimate of drug-likeness (QED) is 0.406. The molecule has 1 saturated heterocycles. The van der Waals surface area contributed by atoms with E-state index in [9.17, 15) is 13.2 Å². The van der Waals surface area contributed by atoms with Crippen molar-refractivity contribution >= 4 is 29.9 Å². The molecule has 2 N–H and O–H groups in total. The van der Waals surface area contributed by atoms with E-state index in [0.717, 1.165) is 25.9 Å². The molecule has 0 bridgehead atoms. The van der Waals surface area contributed by atoms with Gasteiger partial charge in [0, 0.05) is 19.6 Å². The molecule has 0 radical (unpaired) electrons. The van der Waals surface area contributed by atoms with Gasteiger partial charge in [-0.2, -0.15) is 13.2 Å². The lowest BCUT2D eigenvalue weighted by atomic mass is 9.79. The molecule has 130 valence electrons. The zero-order chi connectivity index (χ0) is 15.5. The van der Waals surface area contributed by atoms with Crippen molar-refractivity contribution in [2.24, 2.45) is 28.5 Å². The van der Waals surface area contributed by atoms with Crippen LogP contribution in [0.15, 0.2) is 4.99 Å². The van der Waals surface area contributed by atoms with Gasteiger partial charge in [0.15, 0.2) is 5.96 Å². The van der Waals surface area contributed by atoms with E-state index in [-0.39, 0.29) is 36.9 Å². The molecule has 1 aliphatic carbocycles. The van der Waals surface area contributed by atoms with Gasteiger partial charge in [-0.25, -0.2) is 0 Å². The topological polar surface area (TPSA) is 41.6 Å². The number of nitrogens with two attached hydrogens (primary N) is 1. The van der Waals surface area contributed by atoms with Gasteiger partial charge in [0.05, 0.1) is 5.92 Å². The van der Waals surface area contributed by atoms with Gasteiger partial charge in [-0.05, 0) is 37.5 Å². The molecule has 1 heterocycles. The Hall–Kier alpha value is -0.210. The van der Waals surface area contributed by atoms with Crippen LogP contribution in [0, 0.1) is 17.8 Å². The lowest BCUT2D eigenvalue weighted by molar-refractivity contribution is -0.195. The third-order valence-electron chi connectivity index (χ3n) is 4.80. The molecule has 0 spiro atoms. The molecule has 2 fully saturated rings. The van der Waals surface area contributed by atoms with Gasteiger partial charge < -0.3 is 10.6 Å². The highest BCUT2D eigenvalue weighted by molar-refractivity contribution is 14.0. The second-order valence-corrected chi connectivity index (χ2v) is 6.58. The maximum Gasteiger partial charge on any atom is 0.392 e. The fourth-order valence-corrected chi connectivity index (χ4v) is 3.57. The lowest BCUT2D eigenvalue weighted by Crippen LogP contribution is -2.44. The van der Waals surface area contributed by atoms with Crippen LogP contribution in [-0.4, -0.2) is 36.7 Å². The minimum atomic E-state index is -4.10. The molecule has 22 heavy (non-hydrogen) atoms. The Kier molecular flexibility index (Phi) is 7.74. The van der Waals surface area contributed by atoms with Crippen LogP contribution in [0.4, 0.5) is 13.2 Å². The van der Waals surface area contributed by atoms with Gasteiger partial charge in [0.1, 0.15) is 0 Å². The monoisotopic (exact) mass is 433 g/mol. The summed E-state index contributed by atoms with van der Waals surface area (Å²) in [6.07, 6.45) is 0.544. The molecule has 1 aliphatic heterocycles. The second kappa shape index (κ2) is 8.59. The fourth-order valence-electron chi connectivity index (χ4n) is 3.57. The highest BCUT2D eigenvalue weighted by Crippen LogP contribution is 2.41. The predicted octanol–water partition coefficient (Wildman–Crippen LogP) is 4.02. The molecule has 0 aromatic rings. The number of guanidine groups is 1. The Morgan fingerprint density at radius 2 is 1.86 bits per heavy atom. The Labute approximate surface area is 147 Å². The summed E-state index contributed by atoms with van der Waals surface area (Å²) >= 11 is 0. The summed E-state index contributed by atoms with van der Waals surface area (Å²) in [6, 6.07) is 0. The maximum absolute atomic E-state index is 13.0. The van der Waals surface area contributed by atoms with Crippen molar-refractivity contribution < 1.29 is 13.2 Å². The maximum atomic E-state index is 13.0. The summed E-state index contributed by atoms with van der Waals surface area (Å²) in [5.41, 5.74) is 5.98. The van der Waals surface area contributed by atoms with Crippen LogP contribution in [0.3, 0.4) is 0 Å². The van der Waals surface area contributed by atoms with Crippen LogP contribution in [0.5, 0.6) is 0 Å². The Morgan fingerprint density at radius 1 is 1.18 bits per heavy atom. The van der Waals surface area contributed by atoms with E-state index in [1.807, 2.05) is 4.90 Å². The average Bonchev–Trinajstić information content (AvgIpc) is 2.44. The first kappa shape index (κ1) is 19.8. The average molecular weight is 433 g/mol. The SMILES string of the molecule is CC1CCCN(C(N)=NCC2CCCCC2C(F)(F)F)C1.I. The fraction of sp³-hybridized carbons (Fsp3) is 0.933. The molecule has 7 heteroatoms. The predicted molar refractivity (Wildman–Crippen MR) is 93.4 cm³/mol. The van der Waals surface area contributed by atoms with E-state index in [4.69, 9.17) is 5.73 Å². The minimum Gasteiger partial charge on any atom is -0.370 e. The van der Waals surface area contributed by atoms with E-state index in [1.54, 1.807) is 0 Å². The van der Waals surface area contributed by atoms with Gasteiger partial charge in [-0.15, -0.1) is 24.0 Å². The highest BCUT2D eigenvalue weighted by atomic mass is 127. The van der Waals surface area contributed by atoms with Crippen LogP contribution < -0.4 is 5.73 Å². The van der Waals surface area contributed by atoms with Gasteiger partial charge in [-0.1, -0.05) is 19.8 Å². The normalized spacial score (nSPS) is 30.8. The number of rotatable bonds is 2. The van der Waals surface area contributed by atoms with Crippen LogP contribution in [0.25, 0.3) is 0 Å². The smallest absolute Gasteiger partial charge is 0.370 e. The minimum absolute atomic E-state index is 0. The number of halogens is 4. The first-order chi connectivity index (χ1) is 9.88. The summed E-state index contributed by atoms with van der Waals surface area (Å²) in [7, 11) is 0. The first-order valence-corrected chi connectivity index (χ1v) is 7.99. The molecule has 0 amide bonds. The summed E-state index contributed by atoms with van der Waals surface area (Å²) in [5.74, 6) is -0.610. The molecule has 0 aromatic carbocycles. The van der Waals surface area contributed by atoms with Crippen molar-refractivity contribution in [1.29, 1.82) is 0 Å². The number of nitrogens with zero attached hydrogens (tertiary/aromatic N) is 2. The molecular weight excluding hydrogens is 406 g/mol. The number of aliphatic imine (C=N–C) groups is 1. The van der Waals surface area contributed by atoms with Gasteiger partial charge >= 0.3 is 6.18 Å². The molecule has 3 atom stereocenters. The summed E-state index contributed by atoms with van der Waals surface area (Å²) in [5, 5.41) is 0. The molecule has 0 aromatic heterocycles. The third-order valence-corrected chi connectivity index (χ3v) is 4.80. The standard InChI is InChI=1S/C15H26F3N3.HI/c1-11-5-4-8-21(10-11)14(19)20-9-12-6-2-3-7-13(12)15(16,17)18;/h11-13H,2-10H2,1H3,(H2,19,20);1H. The van der Waals surface area contributed by atoms with Gasteiger partial charge in [-0.3, -0.25) is 4.99 Å². The number of alkyl halides is 3. The van der Waals surface area contributed by atoms with Crippen molar-refractivity contribution in [2.45, 2.75) is 51.6 Å². The van der Waals surface area contributed by atoms with Crippen LogP contribution in [-0.2, 0) is 0 Å². The molecule has 3 unspecified atom stereocenters. The molecule has 2 aliphatic rings. The largest absolute Gasteiger partial charge is 0.392 e. The third kappa shape index (κ3) is 5.45. The van der Waals surface area contributed by atoms with Crippen molar-refractivity contribution in [3.05, 3.63) is 0 Å². The number of hydrogen-bond acceptors (Lipinski definition) is 1. The Bertz CT molecular complexity index is 374. The number of likely N-dealkylation sites (tertiary alicyclic amines) is 1. The zero-order valence-corrected chi connectivity index (χ0v) is 15.4. The van der Waals surface area contributed by atoms with Crippen molar-refractivity contribution in [3.63, 3.8) is 0 Å². The second-order valence-electron chi connectivity index (χ2n) is 6.58. The first-order valence-electron chi connectivity index (χ1n) is 7.99. The number of hydrogen-bond donors (Lipinski definition) is 1. The van der Waals surface area contributed by atoms with E-state index in [2.05, 4.69) is 11.9 Å². The highest BCUT2D eigenvalue weighted by Gasteiger charge is 2.45.